The standard InChI is InChI=1S/C16H15N2OS2/c1-10(2)13-5-4-12(8-11(13)3)19-15-9-21-18-16(15)14-6-7-20-17-14/h4-5,7-10H,1-3H3. The van der Waals surface area contributed by atoms with Gasteiger partial charge < -0.3 is 4.74 Å². The topological polar surface area (TPSA) is 35.0 Å². The molecule has 0 bridgehead atoms. The van der Waals surface area contributed by atoms with E-state index in [2.05, 4.69) is 47.7 Å². The largest absolute Gasteiger partial charge is 0.454 e. The fourth-order valence-corrected chi connectivity index (χ4v) is 3.30. The molecule has 2 heterocycles. The van der Waals surface area contributed by atoms with Crippen molar-refractivity contribution >= 4 is 23.1 Å². The van der Waals surface area contributed by atoms with Gasteiger partial charge in [-0.1, -0.05) is 19.9 Å². The van der Waals surface area contributed by atoms with Gasteiger partial charge in [0.15, 0.2) is 5.75 Å². The molecule has 0 saturated carbocycles. The van der Waals surface area contributed by atoms with Crippen molar-refractivity contribution in [2.45, 2.75) is 26.7 Å². The smallest absolute Gasteiger partial charge is 0.167 e. The summed E-state index contributed by atoms with van der Waals surface area (Å²) in [5, 5.41) is 3.72. The highest BCUT2D eigenvalue weighted by Gasteiger charge is 2.13. The maximum atomic E-state index is 5.98. The highest BCUT2D eigenvalue weighted by molar-refractivity contribution is 7.04. The molecular weight excluding hydrogens is 300 g/mol. The van der Waals surface area contributed by atoms with E-state index in [-0.39, 0.29) is 0 Å². The summed E-state index contributed by atoms with van der Waals surface area (Å²) < 4.78 is 14.6. The molecule has 0 atom stereocenters. The van der Waals surface area contributed by atoms with Crippen LogP contribution in [-0.4, -0.2) is 8.75 Å². The van der Waals surface area contributed by atoms with Crippen LogP contribution >= 0.6 is 23.1 Å². The van der Waals surface area contributed by atoms with Crippen LogP contribution in [-0.2, 0) is 0 Å². The summed E-state index contributed by atoms with van der Waals surface area (Å²) in [5.74, 6) is 2.08. The van der Waals surface area contributed by atoms with Gasteiger partial charge in [-0.15, -0.1) is 0 Å². The molecule has 21 heavy (non-hydrogen) atoms. The first-order valence-corrected chi connectivity index (χ1v) is 8.37. The van der Waals surface area contributed by atoms with Crippen LogP contribution < -0.4 is 4.74 Å². The van der Waals surface area contributed by atoms with Crippen molar-refractivity contribution in [3.05, 3.63) is 46.2 Å². The molecule has 0 saturated heterocycles. The lowest BCUT2D eigenvalue weighted by atomic mass is 9.98. The van der Waals surface area contributed by atoms with E-state index in [0.29, 0.717) is 5.92 Å². The Bertz CT molecular complexity index is 733. The Hall–Kier alpha value is -1.72. The first-order chi connectivity index (χ1) is 10.1. The van der Waals surface area contributed by atoms with E-state index in [1.165, 1.54) is 34.2 Å². The van der Waals surface area contributed by atoms with Gasteiger partial charge in [-0.25, -0.2) is 0 Å². The summed E-state index contributed by atoms with van der Waals surface area (Å²) in [6.07, 6.45) is 0. The SMILES string of the molecule is Cc1cc(Oc2csnc2-c2[c]csn2)ccc1C(C)C. The van der Waals surface area contributed by atoms with E-state index in [1.807, 2.05) is 16.8 Å². The maximum Gasteiger partial charge on any atom is 0.167 e. The van der Waals surface area contributed by atoms with E-state index in [4.69, 9.17) is 4.74 Å². The van der Waals surface area contributed by atoms with Crippen LogP contribution in [0.5, 0.6) is 11.5 Å². The molecule has 0 aliphatic rings. The van der Waals surface area contributed by atoms with Gasteiger partial charge in [0.05, 0.1) is 5.38 Å². The Kier molecular flexibility index (Phi) is 4.03. The Balaban J connectivity index is 1.88. The molecular formula is C16H15N2OS2. The Morgan fingerprint density at radius 1 is 1.19 bits per heavy atom. The quantitative estimate of drug-likeness (QED) is 0.656. The van der Waals surface area contributed by atoms with Crippen molar-refractivity contribution in [2.24, 2.45) is 0 Å². The van der Waals surface area contributed by atoms with Crippen molar-refractivity contribution in [1.82, 2.24) is 8.75 Å². The first kappa shape index (κ1) is 14.2. The van der Waals surface area contributed by atoms with Gasteiger partial charge in [-0.3, -0.25) is 0 Å². The van der Waals surface area contributed by atoms with Gasteiger partial charge in [0, 0.05) is 11.4 Å². The third kappa shape index (κ3) is 2.99. The Labute approximate surface area is 132 Å². The van der Waals surface area contributed by atoms with Crippen LogP contribution in [0, 0.1) is 13.0 Å². The van der Waals surface area contributed by atoms with Crippen LogP contribution in [0.2, 0.25) is 0 Å². The molecule has 3 nitrogen and oxygen atoms in total. The molecule has 0 amide bonds. The van der Waals surface area contributed by atoms with Crippen molar-refractivity contribution in [3.8, 4) is 22.9 Å². The minimum absolute atomic E-state index is 0.516. The van der Waals surface area contributed by atoms with Gasteiger partial charge in [0.25, 0.3) is 0 Å². The Morgan fingerprint density at radius 3 is 2.71 bits per heavy atom. The zero-order valence-electron chi connectivity index (χ0n) is 12.1. The summed E-state index contributed by atoms with van der Waals surface area (Å²) >= 11 is 2.73. The van der Waals surface area contributed by atoms with E-state index >= 15 is 0 Å². The predicted octanol–water partition coefficient (Wildman–Crippen LogP) is 5.29. The molecule has 3 rings (SSSR count). The van der Waals surface area contributed by atoms with Gasteiger partial charge >= 0.3 is 0 Å². The Morgan fingerprint density at radius 2 is 2.05 bits per heavy atom. The molecule has 107 valence electrons. The second kappa shape index (κ2) is 5.95. The van der Waals surface area contributed by atoms with Gasteiger partial charge in [0.2, 0.25) is 0 Å². The number of aromatic nitrogens is 2. The van der Waals surface area contributed by atoms with Crippen LogP contribution in [0.4, 0.5) is 0 Å². The number of hydrogen-bond acceptors (Lipinski definition) is 5. The average molecular weight is 315 g/mol. The maximum absolute atomic E-state index is 5.98. The summed E-state index contributed by atoms with van der Waals surface area (Å²) in [6.45, 7) is 6.51. The monoisotopic (exact) mass is 315 g/mol. The molecule has 0 fully saturated rings. The lowest BCUT2D eigenvalue weighted by molar-refractivity contribution is 0.484. The highest BCUT2D eigenvalue weighted by Crippen LogP contribution is 2.34. The number of hydrogen-bond donors (Lipinski definition) is 0. The summed E-state index contributed by atoms with van der Waals surface area (Å²) in [6, 6.07) is 9.28. The van der Waals surface area contributed by atoms with Crippen molar-refractivity contribution < 1.29 is 4.74 Å². The molecule has 3 aromatic rings. The first-order valence-electron chi connectivity index (χ1n) is 6.70. The van der Waals surface area contributed by atoms with Crippen molar-refractivity contribution in [3.63, 3.8) is 0 Å². The van der Waals surface area contributed by atoms with E-state index in [1.54, 1.807) is 0 Å². The number of aryl methyl sites for hydroxylation is 1. The minimum Gasteiger partial charge on any atom is -0.454 e. The highest BCUT2D eigenvalue weighted by atomic mass is 32.1. The molecule has 2 aromatic heterocycles. The summed E-state index contributed by atoms with van der Waals surface area (Å²) in [4.78, 5) is 0. The summed E-state index contributed by atoms with van der Waals surface area (Å²) in [5.41, 5.74) is 4.09. The van der Waals surface area contributed by atoms with Crippen molar-refractivity contribution in [2.75, 3.05) is 0 Å². The molecule has 1 aromatic carbocycles. The van der Waals surface area contributed by atoms with Gasteiger partial charge in [-0.05, 0) is 59.2 Å². The zero-order valence-corrected chi connectivity index (χ0v) is 13.7. The third-order valence-corrected chi connectivity index (χ3v) is 4.36. The normalized spacial score (nSPS) is 11.0. The van der Waals surface area contributed by atoms with Crippen LogP contribution in [0.3, 0.4) is 0 Å². The number of ether oxygens (including phenoxy) is 1. The molecule has 1 radical (unpaired) electrons. The average Bonchev–Trinajstić information content (AvgIpc) is 3.08. The lowest BCUT2D eigenvalue weighted by Gasteiger charge is -2.12. The molecule has 0 aliphatic heterocycles. The molecule has 0 spiro atoms. The van der Waals surface area contributed by atoms with Gasteiger partial charge in [-0.2, -0.15) is 8.75 Å². The summed E-state index contributed by atoms with van der Waals surface area (Å²) in [7, 11) is 0. The second-order valence-electron chi connectivity index (χ2n) is 5.11. The van der Waals surface area contributed by atoms with E-state index < -0.39 is 0 Å². The van der Waals surface area contributed by atoms with Crippen molar-refractivity contribution in [1.29, 1.82) is 0 Å². The fourth-order valence-electron chi connectivity index (χ4n) is 2.25. The van der Waals surface area contributed by atoms with Crippen LogP contribution in [0.1, 0.15) is 30.9 Å². The van der Waals surface area contributed by atoms with E-state index in [9.17, 15) is 0 Å². The number of rotatable bonds is 4. The number of nitrogens with zero attached hydrogens (tertiary/aromatic N) is 2. The molecule has 0 N–H and O–H groups in total. The molecule has 5 heteroatoms. The van der Waals surface area contributed by atoms with Gasteiger partial charge in [0.1, 0.15) is 17.1 Å². The minimum atomic E-state index is 0.516. The third-order valence-electron chi connectivity index (χ3n) is 3.24. The molecule has 0 unspecified atom stereocenters. The zero-order chi connectivity index (χ0) is 14.8. The fraction of sp³-hybridized carbons (Fsp3) is 0.250. The second-order valence-corrected chi connectivity index (χ2v) is 6.37. The van der Waals surface area contributed by atoms with E-state index in [0.717, 1.165) is 22.9 Å². The number of benzene rings is 1. The molecule has 0 aliphatic carbocycles. The van der Waals surface area contributed by atoms with Crippen LogP contribution in [0.25, 0.3) is 11.4 Å². The predicted molar refractivity (Wildman–Crippen MR) is 87.4 cm³/mol. The van der Waals surface area contributed by atoms with Crippen LogP contribution in [0.15, 0.2) is 29.0 Å². The lowest BCUT2D eigenvalue weighted by Crippen LogP contribution is -1.93.